The molecule has 1 N–H and O–H groups in total. The molecule has 1 saturated heterocycles. The van der Waals surface area contributed by atoms with E-state index in [2.05, 4.69) is 59.8 Å². The SMILES string of the molecule is Cc1cccc([C@@H](c2cccs2)N2CCNCC2)c1C.Cl.Cl. The predicted octanol–water partition coefficient (Wildman–Crippen LogP) is 4.20. The van der Waals surface area contributed by atoms with Crippen molar-refractivity contribution < 1.29 is 0 Å². The topological polar surface area (TPSA) is 15.3 Å². The van der Waals surface area contributed by atoms with Crippen LogP contribution in [0.5, 0.6) is 0 Å². The third kappa shape index (κ3) is 4.03. The maximum Gasteiger partial charge on any atom is 0.0699 e. The molecule has 122 valence electrons. The van der Waals surface area contributed by atoms with Gasteiger partial charge in [-0.15, -0.1) is 36.2 Å². The Bertz CT molecular complexity index is 566. The van der Waals surface area contributed by atoms with Gasteiger partial charge in [-0.25, -0.2) is 0 Å². The van der Waals surface area contributed by atoms with E-state index in [1.165, 1.54) is 21.6 Å². The molecule has 1 aliphatic heterocycles. The second-order valence-electron chi connectivity index (χ2n) is 5.49. The highest BCUT2D eigenvalue weighted by molar-refractivity contribution is 7.10. The van der Waals surface area contributed by atoms with Crippen LogP contribution in [0.3, 0.4) is 0 Å². The van der Waals surface area contributed by atoms with E-state index < -0.39 is 0 Å². The van der Waals surface area contributed by atoms with E-state index in [4.69, 9.17) is 0 Å². The molecule has 0 aliphatic carbocycles. The summed E-state index contributed by atoms with van der Waals surface area (Å²) in [6, 6.07) is 11.6. The van der Waals surface area contributed by atoms with Crippen molar-refractivity contribution in [3.05, 3.63) is 57.3 Å². The Morgan fingerprint density at radius 2 is 1.77 bits per heavy atom. The molecule has 5 heteroatoms. The van der Waals surface area contributed by atoms with E-state index in [1.807, 2.05) is 11.3 Å². The van der Waals surface area contributed by atoms with Crippen molar-refractivity contribution in [3.8, 4) is 0 Å². The summed E-state index contributed by atoms with van der Waals surface area (Å²) < 4.78 is 0. The summed E-state index contributed by atoms with van der Waals surface area (Å²) in [6.07, 6.45) is 0. The molecular formula is C17H24Cl2N2S. The van der Waals surface area contributed by atoms with E-state index in [0.717, 1.165) is 26.2 Å². The highest BCUT2D eigenvalue weighted by Gasteiger charge is 2.25. The van der Waals surface area contributed by atoms with Crippen molar-refractivity contribution >= 4 is 36.2 Å². The van der Waals surface area contributed by atoms with Crippen molar-refractivity contribution in [1.29, 1.82) is 0 Å². The number of nitrogens with zero attached hydrogens (tertiary/aromatic N) is 1. The molecular weight excluding hydrogens is 335 g/mol. The molecule has 1 fully saturated rings. The molecule has 0 amide bonds. The lowest BCUT2D eigenvalue weighted by atomic mass is 9.95. The monoisotopic (exact) mass is 358 g/mol. The Balaban J connectivity index is 0.00000121. The summed E-state index contributed by atoms with van der Waals surface area (Å²) in [5, 5.41) is 5.64. The van der Waals surface area contributed by atoms with Gasteiger partial charge in [-0.3, -0.25) is 4.90 Å². The quantitative estimate of drug-likeness (QED) is 0.884. The van der Waals surface area contributed by atoms with Gasteiger partial charge < -0.3 is 5.32 Å². The van der Waals surface area contributed by atoms with Crippen LogP contribution in [0.2, 0.25) is 0 Å². The van der Waals surface area contributed by atoms with Crippen molar-refractivity contribution in [2.45, 2.75) is 19.9 Å². The molecule has 22 heavy (non-hydrogen) atoms. The van der Waals surface area contributed by atoms with Gasteiger partial charge in [0, 0.05) is 31.1 Å². The lowest BCUT2D eigenvalue weighted by molar-refractivity contribution is 0.200. The van der Waals surface area contributed by atoms with E-state index in [1.54, 1.807) is 0 Å². The van der Waals surface area contributed by atoms with Crippen LogP contribution in [-0.4, -0.2) is 31.1 Å². The first-order chi connectivity index (χ1) is 9.77. The average Bonchev–Trinajstić information content (AvgIpc) is 2.99. The number of aryl methyl sites for hydroxylation is 1. The fraction of sp³-hybridized carbons (Fsp3) is 0.412. The van der Waals surface area contributed by atoms with Crippen molar-refractivity contribution in [2.75, 3.05) is 26.2 Å². The fourth-order valence-electron chi connectivity index (χ4n) is 2.99. The van der Waals surface area contributed by atoms with Crippen LogP contribution in [0.25, 0.3) is 0 Å². The first kappa shape index (κ1) is 19.5. The number of hydrogen-bond donors (Lipinski definition) is 1. The van der Waals surface area contributed by atoms with Gasteiger partial charge in [-0.1, -0.05) is 24.3 Å². The minimum absolute atomic E-state index is 0. The number of piperazine rings is 1. The zero-order valence-corrected chi connectivity index (χ0v) is 15.5. The van der Waals surface area contributed by atoms with Gasteiger partial charge in [0.05, 0.1) is 6.04 Å². The van der Waals surface area contributed by atoms with E-state index >= 15 is 0 Å². The molecule has 3 rings (SSSR count). The molecule has 0 spiro atoms. The highest BCUT2D eigenvalue weighted by Crippen LogP contribution is 2.34. The highest BCUT2D eigenvalue weighted by atomic mass is 35.5. The summed E-state index contributed by atoms with van der Waals surface area (Å²) in [5.41, 5.74) is 4.29. The lowest BCUT2D eigenvalue weighted by Gasteiger charge is -2.35. The minimum atomic E-state index is 0. The summed E-state index contributed by atoms with van der Waals surface area (Å²) in [7, 11) is 0. The first-order valence-electron chi connectivity index (χ1n) is 7.31. The summed E-state index contributed by atoms with van der Waals surface area (Å²) in [6.45, 7) is 8.89. The molecule has 1 aliphatic rings. The average molecular weight is 359 g/mol. The zero-order chi connectivity index (χ0) is 13.9. The predicted molar refractivity (Wildman–Crippen MR) is 101 cm³/mol. The third-order valence-corrected chi connectivity index (χ3v) is 5.20. The van der Waals surface area contributed by atoms with Crippen LogP contribution in [0.4, 0.5) is 0 Å². The number of thiophene rings is 1. The number of benzene rings is 1. The van der Waals surface area contributed by atoms with Crippen molar-refractivity contribution in [3.63, 3.8) is 0 Å². The van der Waals surface area contributed by atoms with Crippen LogP contribution in [0, 0.1) is 13.8 Å². The maximum atomic E-state index is 3.45. The van der Waals surface area contributed by atoms with Crippen LogP contribution in [0.15, 0.2) is 35.7 Å². The molecule has 0 unspecified atom stereocenters. The Morgan fingerprint density at radius 1 is 1.05 bits per heavy atom. The fourth-order valence-corrected chi connectivity index (χ4v) is 3.86. The van der Waals surface area contributed by atoms with Crippen LogP contribution in [-0.2, 0) is 0 Å². The molecule has 2 heterocycles. The van der Waals surface area contributed by atoms with E-state index in [9.17, 15) is 0 Å². The number of rotatable bonds is 3. The lowest BCUT2D eigenvalue weighted by Crippen LogP contribution is -2.45. The van der Waals surface area contributed by atoms with E-state index in [0.29, 0.717) is 6.04 Å². The molecule has 2 aromatic rings. The molecule has 0 bridgehead atoms. The number of halogens is 2. The van der Waals surface area contributed by atoms with Gasteiger partial charge in [-0.05, 0) is 42.0 Å². The van der Waals surface area contributed by atoms with Crippen LogP contribution >= 0.6 is 36.2 Å². The molecule has 0 radical (unpaired) electrons. The Labute approximate surface area is 149 Å². The Morgan fingerprint density at radius 3 is 2.41 bits per heavy atom. The van der Waals surface area contributed by atoms with Crippen LogP contribution in [0.1, 0.15) is 27.6 Å². The van der Waals surface area contributed by atoms with Crippen LogP contribution < -0.4 is 5.32 Å². The number of nitrogens with one attached hydrogen (secondary N) is 1. The molecule has 1 atom stereocenters. The van der Waals surface area contributed by atoms with Gasteiger partial charge in [-0.2, -0.15) is 0 Å². The Hall–Kier alpha value is -0.580. The van der Waals surface area contributed by atoms with Crippen molar-refractivity contribution in [1.82, 2.24) is 10.2 Å². The summed E-state index contributed by atoms with van der Waals surface area (Å²) in [5.74, 6) is 0. The third-order valence-electron chi connectivity index (χ3n) is 4.27. The smallest absolute Gasteiger partial charge is 0.0699 e. The molecule has 1 aromatic heterocycles. The molecule has 2 nitrogen and oxygen atoms in total. The van der Waals surface area contributed by atoms with E-state index in [-0.39, 0.29) is 24.8 Å². The van der Waals surface area contributed by atoms with Gasteiger partial charge >= 0.3 is 0 Å². The maximum absolute atomic E-state index is 3.45. The van der Waals surface area contributed by atoms with Gasteiger partial charge in [0.15, 0.2) is 0 Å². The Kier molecular flexibility index (Phi) is 7.87. The van der Waals surface area contributed by atoms with Gasteiger partial charge in [0.25, 0.3) is 0 Å². The molecule has 0 saturated carbocycles. The van der Waals surface area contributed by atoms with Gasteiger partial charge in [0.2, 0.25) is 0 Å². The zero-order valence-electron chi connectivity index (χ0n) is 13.0. The number of hydrogen-bond acceptors (Lipinski definition) is 3. The normalized spacial score (nSPS) is 16.5. The van der Waals surface area contributed by atoms with Crippen molar-refractivity contribution in [2.24, 2.45) is 0 Å². The summed E-state index contributed by atoms with van der Waals surface area (Å²) in [4.78, 5) is 4.07. The second kappa shape index (κ2) is 8.90. The first-order valence-corrected chi connectivity index (χ1v) is 8.19. The second-order valence-corrected chi connectivity index (χ2v) is 6.47. The largest absolute Gasteiger partial charge is 0.314 e. The standard InChI is InChI=1S/C17H22N2S.2ClH/c1-13-5-3-6-15(14(13)2)17(16-7-4-12-20-16)19-10-8-18-9-11-19;;/h3-7,12,17-18H,8-11H2,1-2H3;2*1H/t17-;;/m0../s1. The minimum Gasteiger partial charge on any atom is -0.314 e. The molecule has 1 aromatic carbocycles. The summed E-state index contributed by atoms with van der Waals surface area (Å²) >= 11 is 1.87. The van der Waals surface area contributed by atoms with Gasteiger partial charge in [0.1, 0.15) is 0 Å².